The fraction of sp³-hybridized carbons (Fsp3) is 0.0261. The molecule has 2 aromatic heterocycles. The molecule has 24 rings (SSSR count). The van der Waals surface area contributed by atoms with Crippen molar-refractivity contribution in [3.63, 3.8) is 0 Å². The van der Waals surface area contributed by atoms with Crippen LogP contribution < -0.4 is 19.3 Å². The molecule has 1 spiro atoms. The quantitative estimate of drug-likeness (QED) is 0.0961. The van der Waals surface area contributed by atoms with Gasteiger partial charge in [-0.05, 0) is 292 Å². The van der Waals surface area contributed by atoms with Crippen molar-refractivity contribution in [2.75, 3.05) is 9.80 Å². The van der Waals surface area contributed by atoms with E-state index in [-0.39, 0.29) is 11.6 Å². The van der Waals surface area contributed by atoms with Crippen LogP contribution in [0.15, 0.2) is 422 Å². The first-order valence-corrected chi connectivity index (χ1v) is 41.6. The minimum absolute atomic E-state index is 0.318. The van der Waals surface area contributed by atoms with Crippen molar-refractivity contribution in [2.45, 2.75) is 16.2 Å². The highest BCUT2D eigenvalue weighted by Gasteiger charge is 2.54. The summed E-state index contributed by atoms with van der Waals surface area (Å²) in [4.78, 5) is 4.84. The zero-order valence-corrected chi connectivity index (χ0v) is 66.5. The number of halogens is 2. The molecule has 18 aromatic carbocycles. The summed E-state index contributed by atoms with van der Waals surface area (Å²) >= 11 is 0. The summed E-state index contributed by atoms with van der Waals surface area (Å²) in [6.07, 6.45) is 3.64. The van der Waals surface area contributed by atoms with Gasteiger partial charge in [-0.2, -0.15) is 0 Å². The van der Waals surface area contributed by atoms with Crippen LogP contribution in [-0.2, 0) is 16.2 Å². The Balaban J connectivity index is 0.716. The lowest BCUT2D eigenvalue weighted by molar-refractivity contribution is 0.482. The Kier molecular flexibility index (Phi) is 16.0. The monoisotopic (exact) mass is 1580 g/mol. The number of benzene rings is 18. The summed E-state index contributed by atoms with van der Waals surface area (Å²) in [5.41, 5.74) is 29.6. The maximum absolute atomic E-state index is 15.7. The SMILES string of the molecule is C=Cc1ccc(Oc2ccc(C3(c4ccc(F)cc4)c4ccccc4-c4ccc(N(c5ccc6c(c5)C5(c7ccccc7-6)c6ccccc6-c6ccc(N(c7ccc8c(c7)C(c7ccc(F)cc7)(c7ccc(Oc9ccc(C=C)cc9)cc7)c7ccccc7-8)c7ccc8oc9ccccc9c8c7)cc65)c5ccc6oc7ccccc7c6c5)cc43)cc2)cc1. The summed E-state index contributed by atoms with van der Waals surface area (Å²) in [5.74, 6) is 2.15. The van der Waals surface area contributed by atoms with Crippen molar-refractivity contribution >= 4 is 90.2 Å². The maximum Gasteiger partial charge on any atom is 0.135 e. The highest BCUT2D eigenvalue weighted by Crippen LogP contribution is 2.66. The smallest absolute Gasteiger partial charge is 0.135 e. The molecule has 580 valence electrons. The van der Waals surface area contributed by atoms with Gasteiger partial charge >= 0.3 is 0 Å². The van der Waals surface area contributed by atoms with Crippen LogP contribution in [0.3, 0.4) is 0 Å². The number of rotatable bonds is 16. The van der Waals surface area contributed by atoms with Crippen LogP contribution in [0.5, 0.6) is 23.0 Å². The van der Waals surface area contributed by atoms with Gasteiger partial charge < -0.3 is 28.1 Å². The average molecular weight is 1580 g/mol. The average Bonchev–Trinajstić information content (AvgIpc) is 1.51. The van der Waals surface area contributed by atoms with E-state index >= 15 is 8.78 Å². The number of furan rings is 2. The van der Waals surface area contributed by atoms with E-state index < -0.39 is 16.2 Å². The third kappa shape index (κ3) is 10.7. The van der Waals surface area contributed by atoms with Crippen LogP contribution >= 0.6 is 0 Å². The van der Waals surface area contributed by atoms with E-state index in [1.165, 1.54) is 11.1 Å². The van der Waals surface area contributed by atoms with Crippen LogP contribution in [0.1, 0.15) is 77.9 Å². The summed E-state index contributed by atoms with van der Waals surface area (Å²) in [5, 5.41) is 4.01. The first-order valence-electron chi connectivity index (χ1n) is 41.6. The van der Waals surface area contributed by atoms with Gasteiger partial charge in [-0.3, -0.25) is 0 Å². The minimum Gasteiger partial charge on any atom is -0.457 e. The molecule has 2 heterocycles. The molecular formula is C115H72F2N2O4. The molecule has 6 nitrogen and oxygen atoms in total. The van der Waals surface area contributed by atoms with Gasteiger partial charge in [0.15, 0.2) is 0 Å². The van der Waals surface area contributed by atoms with E-state index in [0.29, 0.717) is 23.0 Å². The van der Waals surface area contributed by atoms with E-state index in [4.69, 9.17) is 18.3 Å². The van der Waals surface area contributed by atoms with E-state index in [1.807, 2.05) is 133 Å². The number of hydrogen-bond acceptors (Lipinski definition) is 6. The van der Waals surface area contributed by atoms with Gasteiger partial charge in [0.1, 0.15) is 57.0 Å². The van der Waals surface area contributed by atoms with Crippen molar-refractivity contribution in [1.29, 1.82) is 0 Å². The fourth-order valence-electron chi connectivity index (χ4n) is 20.9. The van der Waals surface area contributed by atoms with E-state index in [0.717, 1.165) is 189 Å². The van der Waals surface area contributed by atoms with Gasteiger partial charge in [-0.1, -0.05) is 256 Å². The topological polar surface area (TPSA) is 51.2 Å². The molecule has 0 N–H and O–H groups in total. The predicted molar refractivity (Wildman–Crippen MR) is 494 cm³/mol. The van der Waals surface area contributed by atoms with Crippen LogP contribution in [0, 0.1) is 11.6 Å². The lowest BCUT2D eigenvalue weighted by Gasteiger charge is -2.35. The zero-order chi connectivity index (χ0) is 81.8. The Labute approximate surface area is 709 Å². The van der Waals surface area contributed by atoms with Gasteiger partial charge in [0.05, 0.1) is 16.2 Å². The van der Waals surface area contributed by atoms with Crippen molar-refractivity contribution < 1.29 is 27.1 Å². The molecule has 123 heavy (non-hydrogen) atoms. The van der Waals surface area contributed by atoms with Crippen molar-refractivity contribution in [3.8, 4) is 67.5 Å². The molecular weight excluding hydrogens is 1510 g/mol. The third-order valence-electron chi connectivity index (χ3n) is 26.2. The second-order valence-corrected chi connectivity index (χ2v) is 32.4. The molecule has 0 radical (unpaired) electrons. The molecule has 2 atom stereocenters. The molecule has 0 saturated heterocycles. The predicted octanol–water partition coefficient (Wildman–Crippen LogP) is 30.6. The molecule has 0 saturated carbocycles. The third-order valence-corrected chi connectivity index (χ3v) is 26.2. The van der Waals surface area contributed by atoms with Gasteiger partial charge in [0.2, 0.25) is 0 Å². The molecule has 8 heteroatoms. The molecule has 0 bridgehead atoms. The van der Waals surface area contributed by atoms with Crippen LogP contribution in [-0.4, -0.2) is 0 Å². The second kappa shape index (κ2) is 27.6. The van der Waals surface area contributed by atoms with E-state index in [2.05, 4.69) is 278 Å². The summed E-state index contributed by atoms with van der Waals surface area (Å²) in [6, 6.07) is 140. The Morgan fingerprint density at radius 3 is 0.813 bits per heavy atom. The van der Waals surface area contributed by atoms with Gasteiger partial charge in [-0.15, -0.1) is 0 Å². The fourth-order valence-corrected chi connectivity index (χ4v) is 20.9. The van der Waals surface area contributed by atoms with Crippen molar-refractivity contribution in [2.24, 2.45) is 0 Å². The number of fused-ring (bicyclic) bond motifs is 22. The molecule has 0 amide bonds. The number of anilines is 6. The number of hydrogen-bond donors (Lipinski definition) is 0. The van der Waals surface area contributed by atoms with Crippen LogP contribution in [0.4, 0.5) is 42.9 Å². The summed E-state index contributed by atoms with van der Waals surface area (Å²) < 4.78 is 57.8. The normalized spacial score (nSPS) is 15.9. The van der Waals surface area contributed by atoms with Crippen LogP contribution in [0.25, 0.3) is 101 Å². The minimum atomic E-state index is -0.945. The lowest BCUT2D eigenvalue weighted by Crippen LogP contribution is -2.29. The maximum atomic E-state index is 15.7. The van der Waals surface area contributed by atoms with Crippen LogP contribution in [0.2, 0.25) is 0 Å². The molecule has 4 aliphatic carbocycles. The molecule has 20 aromatic rings. The molecule has 0 fully saturated rings. The van der Waals surface area contributed by atoms with E-state index in [9.17, 15) is 0 Å². The largest absolute Gasteiger partial charge is 0.457 e. The zero-order valence-electron chi connectivity index (χ0n) is 66.5. The Bertz CT molecular complexity index is 7300. The highest BCUT2D eigenvalue weighted by atomic mass is 19.1. The Morgan fingerprint density at radius 2 is 0.480 bits per heavy atom. The summed E-state index contributed by atoms with van der Waals surface area (Å²) in [7, 11) is 0. The first-order chi connectivity index (χ1) is 60.6. The van der Waals surface area contributed by atoms with E-state index in [1.54, 1.807) is 24.3 Å². The molecule has 4 aliphatic rings. The Hall–Kier alpha value is -15.9. The standard InChI is InChI=1S/C115H72F2N2O4/c1-3-71-29-51-85(52-30-71)120-87-55-37-75(38-56-87)113(73-33-41-77(116)42-34-73)101-23-11-5-17-89(101)93-59-45-81(67-105(93)113)118(79-49-63-111-99(65-79)97-21-9-15-27-109(97)122-111)83-47-61-95-91-19-7-13-25-103(91)115(107(95)69-83)104-26-14-8-20-92(104)96-62-48-84(70-108(96)115)119(80-50-64-112-100(66-80)98-22-10-16-28-110(98)123-112)82-46-60-94-90-18-6-12-24-102(90)114(106(94)68-82,74-35-43-78(117)44-36-74)76-39-57-88(58-40-76)121-86-53-31-72(4-2)32-54-86/h3-70H,1-2H2. The van der Waals surface area contributed by atoms with Gasteiger partial charge in [-0.25, -0.2) is 8.78 Å². The lowest BCUT2D eigenvalue weighted by atomic mass is 9.67. The first kappa shape index (κ1) is 71.2. The van der Waals surface area contributed by atoms with Crippen molar-refractivity contribution in [3.05, 3.63) is 503 Å². The summed E-state index contributed by atoms with van der Waals surface area (Å²) in [6.45, 7) is 7.92. The molecule has 0 aliphatic heterocycles. The number of nitrogens with zero attached hydrogens (tertiary/aromatic N) is 2. The molecule has 2 unspecified atom stereocenters. The Morgan fingerprint density at radius 1 is 0.228 bits per heavy atom. The number of ether oxygens (including phenoxy) is 2. The van der Waals surface area contributed by atoms with Crippen molar-refractivity contribution in [1.82, 2.24) is 0 Å². The van der Waals surface area contributed by atoms with Gasteiger partial charge in [0.25, 0.3) is 0 Å². The second-order valence-electron chi connectivity index (χ2n) is 32.4. The highest BCUT2D eigenvalue weighted by molar-refractivity contribution is 6.09. The van der Waals surface area contributed by atoms with Gasteiger partial charge in [0, 0.05) is 55.7 Å². The number of para-hydroxylation sites is 2.